The molecule has 0 fully saturated rings. The van der Waals surface area contributed by atoms with Gasteiger partial charge >= 0.3 is 0 Å². The van der Waals surface area contributed by atoms with Gasteiger partial charge in [-0.2, -0.15) is 5.10 Å². The summed E-state index contributed by atoms with van der Waals surface area (Å²) >= 11 is 0. The standard InChI is InChI=1S/C27H25N5O3/c1-19-22(23-10-5-6-11-24(23)32(19)21-8-3-2-4-9-21)13-14-28-26(33)18-31-17-20(16-29-31)30-27(34)25-12-7-15-35-25/h2-12,15-17H,13-14,18H2,1H3,(H,28,33)(H,30,34). The Bertz CT molecular complexity index is 1470. The Kier molecular flexibility index (Phi) is 6.17. The zero-order chi connectivity index (χ0) is 24.2. The first-order valence-corrected chi connectivity index (χ1v) is 11.4. The molecule has 2 aromatic carbocycles. The van der Waals surface area contributed by atoms with Crippen LogP contribution in [0.3, 0.4) is 0 Å². The van der Waals surface area contributed by atoms with E-state index in [1.54, 1.807) is 18.3 Å². The monoisotopic (exact) mass is 467 g/mol. The summed E-state index contributed by atoms with van der Waals surface area (Å²) in [5.74, 6) is -0.315. The first kappa shape index (κ1) is 22.2. The topological polar surface area (TPSA) is 94.1 Å². The highest BCUT2D eigenvalue weighted by Gasteiger charge is 2.15. The van der Waals surface area contributed by atoms with Crippen LogP contribution >= 0.6 is 0 Å². The molecule has 35 heavy (non-hydrogen) atoms. The summed E-state index contributed by atoms with van der Waals surface area (Å²) in [6.07, 6.45) is 5.25. The van der Waals surface area contributed by atoms with Gasteiger partial charge in [-0.1, -0.05) is 36.4 Å². The number of para-hydroxylation sites is 2. The van der Waals surface area contributed by atoms with E-state index in [-0.39, 0.29) is 24.1 Å². The number of rotatable bonds is 8. The molecule has 5 rings (SSSR count). The molecular weight excluding hydrogens is 442 g/mol. The largest absolute Gasteiger partial charge is 0.459 e. The lowest BCUT2D eigenvalue weighted by Gasteiger charge is -2.09. The number of carbonyl (C=O) groups excluding carboxylic acids is 2. The molecule has 0 saturated heterocycles. The summed E-state index contributed by atoms with van der Waals surface area (Å²) in [4.78, 5) is 24.6. The van der Waals surface area contributed by atoms with Crippen molar-refractivity contribution in [1.82, 2.24) is 19.7 Å². The molecule has 3 heterocycles. The van der Waals surface area contributed by atoms with Crippen LogP contribution in [0.1, 0.15) is 21.8 Å². The third-order valence-electron chi connectivity index (χ3n) is 5.90. The number of nitrogens with zero attached hydrogens (tertiary/aromatic N) is 3. The van der Waals surface area contributed by atoms with E-state index in [9.17, 15) is 9.59 Å². The summed E-state index contributed by atoms with van der Waals surface area (Å²) in [7, 11) is 0. The van der Waals surface area contributed by atoms with E-state index in [0.29, 0.717) is 18.7 Å². The SMILES string of the molecule is Cc1c(CCNC(=O)Cn2cc(NC(=O)c3ccco3)cn2)c2ccccc2n1-c1ccccc1. The predicted octanol–water partition coefficient (Wildman–Crippen LogP) is 4.34. The van der Waals surface area contributed by atoms with E-state index in [0.717, 1.165) is 16.9 Å². The van der Waals surface area contributed by atoms with Crippen molar-refractivity contribution in [3.63, 3.8) is 0 Å². The summed E-state index contributed by atoms with van der Waals surface area (Å²) in [6, 6.07) is 21.8. The van der Waals surface area contributed by atoms with Crippen LogP contribution < -0.4 is 10.6 Å². The van der Waals surface area contributed by atoms with Gasteiger partial charge in [-0.05, 0) is 49.2 Å². The van der Waals surface area contributed by atoms with E-state index in [2.05, 4.69) is 51.5 Å². The maximum absolute atomic E-state index is 12.5. The van der Waals surface area contributed by atoms with E-state index < -0.39 is 0 Å². The molecular formula is C27H25N5O3. The fraction of sp³-hybridized carbons (Fsp3) is 0.148. The molecule has 0 spiro atoms. The molecule has 0 saturated carbocycles. The van der Waals surface area contributed by atoms with Crippen LogP contribution in [0.4, 0.5) is 5.69 Å². The van der Waals surface area contributed by atoms with Crippen LogP contribution in [0.15, 0.2) is 89.8 Å². The van der Waals surface area contributed by atoms with Crippen LogP contribution in [-0.4, -0.2) is 32.7 Å². The number of anilines is 1. The highest BCUT2D eigenvalue weighted by molar-refractivity contribution is 6.02. The van der Waals surface area contributed by atoms with Gasteiger partial charge in [-0.3, -0.25) is 14.3 Å². The second kappa shape index (κ2) is 9.72. The van der Waals surface area contributed by atoms with E-state index >= 15 is 0 Å². The Morgan fingerprint density at radius 3 is 2.60 bits per heavy atom. The van der Waals surface area contributed by atoms with E-state index in [4.69, 9.17) is 4.42 Å². The molecule has 5 aromatic rings. The van der Waals surface area contributed by atoms with Gasteiger partial charge in [0.1, 0.15) is 6.54 Å². The molecule has 0 aliphatic carbocycles. The van der Waals surface area contributed by atoms with Crippen molar-refractivity contribution in [2.45, 2.75) is 19.9 Å². The molecule has 0 bridgehead atoms. The maximum Gasteiger partial charge on any atom is 0.291 e. The van der Waals surface area contributed by atoms with Gasteiger partial charge in [-0.25, -0.2) is 0 Å². The van der Waals surface area contributed by atoms with Crippen molar-refractivity contribution < 1.29 is 14.0 Å². The molecule has 2 amide bonds. The zero-order valence-corrected chi connectivity index (χ0v) is 19.3. The first-order valence-electron chi connectivity index (χ1n) is 11.4. The quantitative estimate of drug-likeness (QED) is 0.355. The summed E-state index contributed by atoms with van der Waals surface area (Å²) in [5.41, 5.74) is 5.13. The fourth-order valence-corrected chi connectivity index (χ4v) is 4.30. The minimum Gasteiger partial charge on any atom is -0.459 e. The first-order chi connectivity index (χ1) is 17.1. The average Bonchev–Trinajstić information content (AvgIpc) is 3.60. The molecule has 0 unspecified atom stereocenters. The lowest BCUT2D eigenvalue weighted by molar-refractivity contribution is -0.121. The van der Waals surface area contributed by atoms with Crippen molar-refractivity contribution in [3.8, 4) is 5.69 Å². The van der Waals surface area contributed by atoms with Crippen LogP contribution in [0.5, 0.6) is 0 Å². The Morgan fingerprint density at radius 2 is 1.80 bits per heavy atom. The van der Waals surface area contributed by atoms with E-state index in [1.165, 1.54) is 28.1 Å². The molecule has 0 aliphatic rings. The van der Waals surface area contributed by atoms with Crippen LogP contribution in [0.2, 0.25) is 0 Å². The van der Waals surface area contributed by atoms with E-state index in [1.807, 2.05) is 30.3 Å². The molecule has 0 aliphatic heterocycles. The van der Waals surface area contributed by atoms with Gasteiger partial charge in [0.15, 0.2) is 5.76 Å². The Labute approximate surface area is 202 Å². The molecule has 3 aromatic heterocycles. The number of amides is 2. The summed E-state index contributed by atoms with van der Waals surface area (Å²) in [6.45, 7) is 2.68. The van der Waals surface area contributed by atoms with Crippen molar-refractivity contribution >= 4 is 28.4 Å². The molecule has 176 valence electrons. The average molecular weight is 468 g/mol. The van der Waals surface area contributed by atoms with Gasteiger partial charge in [0.05, 0.1) is 23.7 Å². The number of aromatic nitrogens is 3. The zero-order valence-electron chi connectivity index (χ0n) is 19.3. The Balaban J connectivity index is 1.21. The van der Waals surface area contributed by atoms with Gasteiger partial charge in [0.25, 0.3) is 5.91 Å². The molecule has 0 radical (unpaired) electrons. The third-order valence-corrected chi connectivity index (χ3v) is 5.90. The van der Waals surface area contributed by atoms with Crippen molar-refractivity contribution in [2.24, 2.45) is 0 Å². The highest BCUT2D eigenvalue weighted by Crippen LogP contribution is 2.29. The van der Waals surface area contributed by atoms with Crippen LogP contribution in [-0.2, 0) is 17.8 Å². The lowest BCUT2D eigenvalue weighted by atomic mass is 10.1. The highest BCUT2D eigenvalue weighted by atomic mass is 16.3. The fourth-order valence-electron chi connectivity index (χ4n) is 4.30. The number of benzene rings is 2. The number of carbonyl (C=O) groups is 2. The van der Waals surface area contributed by atoms with Crippen molar-refractivity contribution in [3.05, 3.63) is 102 Å². The molecule has 8 nitrogen and oxygen atoms in total. The summed E-state index contributed by atoms with van der Waals surface area (Å²) < 4.78 is 8.82. The summed E-state index contributed by atoms with van der Waals surface area (Å²) in [5, 5.41) is 11.0. The van der Waals surface area contributed by atoms with Gasteiger partial charge in [-0.15, -0.1) is 0 Å². The Hall–Kier alpha value is -4.59. The van der Waals surface area contributed by atoms with Crippen molar-refractivity contribution in [2.75, 3.05) is 11.9 Å². The predicted molar refractivity (Wildman–Crippen MR) is 134 cm³/mol. The smallest absolute Gasteiger partial charge is 0.291 e. The van der Waals surface area contributed by atoms with Gasteiger partial charge < -0.3 is 19.6 Å². The van der Waals surface area contributed by atoms with Gasteiger partial charge in [0.2, 0.25) is 5.91 Å². The van der Waals surface area contributed by atoms with Crippen LogP contribution in [0.25, 0.3) is 16.6 Å². The lowest BCUT2D eigenvalue weighted by Crippen LogP contribution is -2.29. The molecule has 8 heteroatoms. The minimum atomic E-state index is -0.371. The Morgan fingerprint density at radius 1 is 1.00 bits per heavy atom. The normalized spacial score (nSPS) is 11.0. The number of hydrogen-bond donors (Lipinski definition) is 2. The third kappa shape index (κ3) is 4.72. The second-order valence-corrected chi connectivity index (χ2v) is 8.21. The van der Waals surface area contributed by atoms with Crippen molar-refractivity contribution in [1.29, 1.82) is 0 Å². The second-order valence-electron chi connectivity index (χ2n) is 8.21. The molecule has 2 N–H and O–H groups in total. The number of hydrogen-bond acceptors (Lipinski definition) is 4. The van der Waals surface area contributed by atoms with Gasteiger partial charge in [0, 0.05) is 29.5 Å². The maximum atomic E-state index is 12.5. The number of fused-ring (bicyclic) bond motifs is 1. The minimum absolute atomic E-state index is 0.0569. The number of nitrogens with one attached hydrogen (secondary N) is 2. The number of furan rings is 1. The molecule has 0 atom stereocenters. The van der Waals surface area contributed by atoms with Crippen LogP contribution in [0, 0.1) is 6.92 Å².